The lowest BCUT2D eigenvalue weighted by molar-refractivity contribution is -0.130. The number of ether oxygens (including phenoxy) is 1. The standard InChI is InChI=1S/C26H28N4O4S2/c1-18(31)19-6-8-22(9-7-19)29-10-12-30(13-11-29)25(33)15-21-16-35-26(28-21)36-17-24(32)27-20-4-3-5-23(14-20)34-2/h3-9,14,16H,10-13,15,17H2,1-2H3,(H,27,32). The number of Topliss-reactive ketones (excluding diaryl/α,β-unsaturated/α-hetero) is 1. The summed E-state index contributed by atoms with van der Waals surface area (Å²) in [5, 5.41) is 4.73. The highest BCUT2D eigenvalue weighted by Gasteiger charge is 2.22. The Bertz CT molecular complexity index is 1220. The van der Waals surface area contributed by atoms with Gasteiger partial charge in [-0.2, -0.15) is 0 Å². The Morgan fingerprint density at radius 2 is 1.83 bits per heavy atom. The normalized spacial score (nSPS) is 13.4. The first-order valence-corrected chi connectivity index (χ1v) is 13.4. The molecule has 4 rings (SSSR count). The zero-order chi connectivity index (χ0) is 25.5. The molecular formula is C26H28N4O4S2. The largest absolute Gasteiger partial charge is 0.497 e. The summed E-state index contributed by atoms with van der Waals surface area (Å²) >= 11 is 2.80. The molecule has 1 aliphatic heterocycles. The van der Waals surface area contributed by atoms with Crippen molar-refractivity contribution in [1.29, 1.82) is 0 Å². The van der Waals surface area contributed by atoms with Crippen LogP contribution >= 0.6 is 23.1 Å². The number of carbonyl (C=O) groups is 3. The molecule has 0 radical (unpaired) electrons. The van der Waals surface area contributed by atoms with Crippen LogP contribution in [0.5, 0.6) is 5.75 Å². The second-order valence-electron chi connectivity index (χ2n) is 8.32. The number of anilines is 2. The van der Waals surface area contributed by atoms with Gasteiger partial charge in [-0.25, -0.2) is 4.98 Å². The monoisotopic (exact) mass is 524 g/mol. The number of hydrogen-bond acceptors (Lipinski definition) is 8. The van der Waals surface area contributed by atoms with Gasteiger partial charge in [0.2, 0.25) is 11.8 Å². The average molecular weight is 525 g/mol. The SMILES string of the molecule is COc1cccc(NC(=O)CSc2nc(CC(=O)N3CCN(c4ccc(C(C)=O)cc4)CC3)cs2)c1. The van der Waals surface area contributed by atoms with E-state index in [0.717, 1.165) is 28.8 Å². The van der Waals surface area contributed by atoms with E-state index < -0.39 is 0 Å². The molecule has 2 aromatic carbocycles. The van der Waals surface area contributed by atoms with E-state index in [1.807, 2.05) is 52.7 Å². The zero-order valence-corrected chi connectivity index (χ0v) is 21.9. The minimum absolute atomic E-state index is 0.0528. The van der Waals surface area contributed by atoms with E-state index in [1.165, 1.54) is 23.1 Å². The number of nitrogens with one attached hydrogen (secondary N) is 1. The van der Waals surface area contributed by atoms with Crippen molar-refractivity contribution in [3.8, 4) is 5.75 Å². The third kappa shape index (κ3) is 6.86. The van der Waals surface area contributed by atoms with Gasteiger partial charge in [0.1, 0.15) is 5.75 Å². The maximum absolute atomic E-state index is 12.8. The summed E-state index contributed by atoms with van der Waals surface area (Å²) in [6, 6.07) is 14.8. The van der Waals surface area contributed by atoms with Crippen molar-refractivity contribution in [1.82, 2.24) is 9.88 Å². The fourth-order valence-corrected chi connectivity index (χ4v) is 5.49. The first-order valence-electron chi connectivity index (χ1n) is 11.6. The average Bonchev–Trinajstić information content (AvgIpc) is 3.35. The van der Waals surface area contributed by atoms with E-state index in [9.17, 15) is 14.4 Å². The molecule has 1 saturated heterocycles. The van der Waals surface area contributed by atoms with E-state index in [4.69, 9.17) is 4.74 Å². The number of rotatable bonds is 9. The van der Waals surface area contributed by atoms with Crippen LogP contribution in [-0.4, -0.2) is 66.5 Å². The Hall–Kier alpha value is -3.37. The van der Waals surface area contributed by atoms with Crippen LogP contribution in [0.1, 0.15) is 23.0 Å². The molecule has 3 aromatic rings. The van der Waals surface area contributed by atoms with Crippen LogP contribution < -0.4 is 15.0 Å². The van der Waals surface area contributed by atoms with E-state index in [-0.39, 0.29) is 29.8 Å². The van der Waals surface area contributed by atoms with Crippen LogP contribution in [0.25, 0.3) is 0 Å². The highest BCUT2D eigenvalue weighted by Crippen LogP contribution is 2.24. The molecule has 36 heavy (non-hydrogen) atoms. The van der Waals surface area contributed by atoms with Gasteiger partial charge in [0.25, 0.3) is 0 Å². The summed E-state index contributed by atoms with van der Waals surface area (Å²) in [7, 11) is 1.58. The summed E-state index contributed by atoms with van der Waals surface area (Å²) in [5.41, 5.74) is 3.16. The zero-order valence-electron chi connectivity index (χ0n) is 20.2. The fourth-order valence-electron chi connectivity index (χ4n) is 3.85. The predicted octanol–water partition coefficient (Wildman–Crippen LogP) is 3.98. The second-order valence-corrected chi connectivity index (χ2v) is 10.4. The Labute approximate surface area is 218 Å². The Balaban J connectivity index is 1.21. The van der Waals surface area contributed by atoms with E-state index in [0.29, 0.717) is 30.1 Å². The van der Waals surface area contributed by atoms with Gasteiger partial charge in [0.05, 0.1) is 25.0 Å². The molecule has 0 aliphatic carbocycles. The molecular weight excluding hydrogens is 496 g/mol. The van der Waals surface area contributed by atoms with Gasteiger partial charge in [-0.05, 0) is 43.3 Å². The van der Waals surface area contributed by atoms with E-state index >= 15 is 0 Å². The lowest BCUT2D eigenvalue weighted by Gasteiger charge is -2.36. The number of hydrogen-bond donors (Lipinski definition) is 1. The fraction of sp³-hybridized carbons (Fsp3) is 0.308. The van der Waals surface area contributed by atoms with Crippen LogP contribution in [0, 0.1) is 0 Å². The minimum atomic E-state index is -0.130. The molecule has 8 nitrogen and oxygen atoms in total. The van der Waals surface area contributed by atoms with Crippen LogP contribution in [0.3, 0.4) is 0 Å². The van der Waals surface area contributed by atoms with Crippen molar-refractivity contribution in [3.05, 3.63) is 65.2 Å². The van der Waals surface area contributed by atoms with Crippen molar-refractivity contribution in [2.45, 2.75) is 17.7 Å². The van der Waals surface area contributed by atoms with E-state index in [2.05, 4.69) is 15.2 Å². The Kier molecular flexibility index (Phi) is 8.61. The van der Waals surface area contributed by atoms with Crippen LogP contribution in [-0.2, 0) is 16.0 Å². The molecule has 1 aliphatic rings. The third-order valence-corrected chi connectivity index (χ3v) is 7.88. The number of ketones is 1. The molecule has 0 atom stereocenters. The second kappa shape index (κ2) is 12.0. The Morgan fingerprint density at radius 1 is 1.08 bits per heavy atom. The number of aromatic nitrogens is 1. The van der Waals surface area contributed by atoms with Crippen LogP contribution in [0.15, 0.2) is 58.3 Å². The van der Waals surface area contributed by atoms with Gasteiger partial charge in [-0.15, -0.1) is 11.3 Å². The molecule has 1 N–H and O–H groups in total. The molecule has 2 amide bonds. The summed E-state index contributed by atoms with van der Waals surface area (Å²) in [4.78, 5) is 45.2. The summed E-state index contributed by atoms with van der Waals surface area (Å²) in [6.07, 6.45) is 0.250. The minimum Gasteiger partial charge on any atom is -0.497 e. The van der Waals surface area contributed by atoms with Crippen molar-refractivity contribution in [2.24, 2.45) is 0 Å². The molecule has 1 fully saturated rings. The number of benzene rings is 2. The number of thioether (sulfide) groups is 1. The molecule has 2 heterocycles. The van der Waals surface area contributed by atoms with Gasteiger partial charge < -0.3 is 19.9 Å². The predicted molar refractivity (Wildman–Crippen MR) is 143 cm³/mol. The highest BCUT2D eigenvalue weighted by molar-refractivity contribution is 8.01. The summed E-state index contributed by atoms with van der Waals surface area (Å²) < 4.78 is 5.93. The van der Waals surface area contributed by atoms with Crippen molar-refractivity contribution in [2.75, 3.05) is 49.3 Å². The van der Waals surface area contributed by atoms with Gasteiger partial charge in [-0.1, -0.05) is 17.8 Å². The lowest BCUT2D eigenvalue weighted by atomic mass is 10.1. The highest BCUT2D eigenvalue weighted by atomic mass is 32.2. The number of carbonyl (C=O) groups excluding carboxylic acids is 3. The number of nitrogens with zero attached hydrogens (tertiary/aromatic N) is 3. The van der Waals surface area contributed by atoms with Crippen LogP contribution in [0.2, 0.25) is 0 Å². The van der Waals surface area contributed by atoms with E-state index in [1.54, 1.807) is 20.1 Å². The lowest BCUT2D eigenvalue weighted by Crippen LogP contribution is -2.49. The molecule has 0 bridgehead atoms. The molecule has 0 spiro atoms. The van der Waals surface area contributed by atoms with Gasteiger partial charge >= 0.3 is 0 Å². The number of methoxy groups -OCH3 is 1. The molecule has 0 unspecified atom stereocenters. The third-order valence-electron chi connectivity index (χ3n) is 5.81. The van der Waals surface area contributed by atoms with Crippen molar-refractivity contribution < 1.29 is 19.1 Å². The summed E-state index contributed by atoms with van der Waals surface area (Å²) in [5.74, 6) is 0.888. The molecule has 1 aromatic heterocycles. The first-order chi connectivity index (χ1) is 17.4. The summed E-state index contributed by atoms with van der Waals surface area (Å²) in [6.45, 7) is 4.33. The van der Waals surface area contributed by atoms with Crippen LogP contribution in [0.4, 0.5) is 11.4 Å². The maximum atomic E-state index is 12.8. The van der Waals surface area contributed by atoms with Gasteiger partial charge in [0, 0.05) is 54.6 Å². The Morgan fingerprint density at radius 3 is 2.53 bits per heavy atom. The van der Waals surface area contributed by atoms with Crippen molar-refractivity contribution >= 4 is 52.1 Å². The first kappa shape index (κ1) is 25.7. The van der Waals surface area contributed by atoms with Gasteiger partial charge in [-0.3, -0.25) is 14.4 Å². The smallest absolute Gasteiger partial charge is 0.234 e. The number of thiazole rings is 1. The van der Waals surface area contributed by atoms with Gasteiger partial charge in [0.15, 0.2) is 10.1 Å². The number of amides is 2. The topological polar surface area (TPSA) is 91.8 Å². The van der Waals surface area contributed by atoms with Crippen molar-refractivity contribution in [3.63, 3.8) is 0 Å². The molecule has 188 valence electrons. The molecule has 10 heteroatoms. The number of piperazine rings is 1. The maximum Gasteiger partial charge on any atom is 0.234 e. The quantitative estimate of drug-likeness (QED) is 0.334. The molecule has 0 saturated carbocycles.